The number of likely N-dealkylation sites (N-methyl/N-ethyl adjacent to an activating group) is 1. The number of amides is 3. The van der Waals surface area contributed by atoms with Crippen LogP contribution in [0.25, 0.3) is 0 Å². The van der Waals surface area contributed by atoms with Gasteiger partial charge in [-0.25, -0.2) is 9.59 Å². The predicted molar refractivity (Wildman–Crippen MR) is 76.7 cm³/mol. The molecule has 0 bridgehead atoms. The molecule has 5 N–H and O–H groups in total. The smallest absolute Gasteiger partial charge is 0.326 e. The average Bonchev–Trinajstić information content (AvgIpc) is 2.85. The average molecular weight is 300 g/mol. The number of primary amides is 1. The second-order valence-corrected chi connectivity index (χ2v) is 5.71. The van der Waals surface area contributed by atoms with E-state index < -0.39 is 30.4 Å². The van der Waals surface area contributed by atoms with Gasteiger partial charge in [0.15, 0.2) is 0 Å². The first-order valence-electron chi connectivity index (χ1n) is 7.00. The molecule has 1 fully saturated rings. The van der Waals surface area contributed by atoms with E-state index in [2.05, 4.69) is 15.5 Å². The fraction of sp³-hybridized carbons (Fsp3) is 0.769. The van der Waals surface area contributed by atoms with Gasteiger partial charge < -0.3 is 26.4 Å². The van der Waals surface area contributed by atoms with Crippen LogP contribution in [0.4, 0.5) is 4.79 Å². The molecule has 1 aliphatic rings. The summed E-state index contributed by atoms with van der Waals surface area (Å²) in [4.78, 5) is 35.6. The Morgan fingerprint density at radius 3 is 2.29 bits per heavy atom. The number of hydrogen-bond donors (Lipinski definition) is 4. The highest BCUT2D eigenvalue weighted by Crippen LogP contribution is 2.32. The maximum absolute atomic E-state index is 11.8. The van der Waals surface area contributed by atoms with Gasteiger partial charge in [-0.15, -0.1) is 0 Å². The Morgan fingerprint density at radius 2 is 1.86 bits per heavy atom. The second-order valence-electron chi connectivity index (χ2n) is 5.71. The van der Waals surface area contributed by atoms with Crippen molar-refractivity contribution < 1.29 is 19.5 Å². The minimum absolute atomic E-state index is 0.0836. The zero-order valence-corrected chi connectivity index (χ0v) is 12.5. The normalized spacial score (nSPS) is 18.2. The Hall–Kier alpha value is -1.83. The molecule has 0 aromatic rings. The van der Waals surface area contributed by atoms with Crippen molar-refractivity contribution in [3.63, 3.8) is 0 Å². The van der Waals surface area contributed by atoms with Crippen molar-refractivity contribution in [3.8, 4) is 0 Å². The second kappa shape index (κ2) is 7.26. The van der Waals surface area contributed by atoms with Crippen molar-refractivity contribution in [1.29, 1.82) is 0 Å². The lowest BCUT2D eigenvalue weighted by Gasteiger charge is -2.36. The molecule has 0 radical (unpaired) electrons. The molecule has 1 saturated carbocycles. The van der Waals surface area contributed by atoms with Gasteiger partial charge in [0.2, 0.25) is 5.91 Å². The molecule has 0 aromatic heterocycles. The van der Waals surface area contributed by atoms with Crippen LogP contribution in [0, 0.1) is 0 Å². The van der Waals surface area contributed by atoms with Gasteiger partial charge in [0.25, 0.3) is 0 Å². The molecule has 0 saturated heterocycles. The molecule has 21 heavy (non-hydrogen) atoms. The van der Waals surface area contributed by atoms with Gasteiger partial charge in [-0.05, 0) is 26.9 Å². The third kappa shape index (κ3) is 4.89. The van der Waals surface area contributed by atoms with Crippen molar-refractivity contribution in [2.45, 2.75) is 43.7 Å². The van der Waals surface area contributed by atoms with Crippen LogP contribution in [-0.4, -0.2) is 60.1 Å². The first-order chi connectivity index (χ1) is 9.77. The van der Waals surface area contributed by atoms with E-state index in [9.17, 15) is 14.4 Å². The number of hydrogen-bond acceptors (Lipinski definition) is 4. The lowest BCUT2D eigenvalue weighted by Crippen LogP contribution is -2.54. The zero-order valence-electron chi connectivity index (χ0n) is 12.5. The summed E-state index contributed by atoms with van der Waals surface area (Å²) in [6, 6.07) is -1.90. The van der Waals surface area contributed by atoms with Crippen LogP contribution in [0.5, 0.6) is 0 Å². The van der Waals surface area contributed by atoms with E-state index in [4.69, 9.17) is 10.8 Å². The predicted octanol–water partition coefficient (Wildman–Crippen LogP) is -0.511. The van der Waals surface area contributed by atoms with Crippen LogP contribution in [-0.2, 0) is 9.59 Å². The van der Waals surface area contributed by atoms with E-state index >= 15 is 0 Å². The van der Waals surface area contributed by atoms with E-state index in [1.54, 1.807) is 0 Å². The van der Waals surface area contributed by atoms with Crippen molar-refractivity contribution in [2.75, 3.05) is 20.6 Å². The maximum Gasteiger partial charge on any atom is 0.326 e. The summed E-state index contributed by atoms with van der Waals surface area (Å²) in [5.74, 6) is -2.06. The molecule has 1 rings (SSSR count). The van der Waals surface area contributed by atoms with Crippen molar-refractivity contribution in [2.24, 2.45) is 5.73 Å². The van der Waals surface area contributed by atoms with Crippen LogP contribution >= 0.6 is 0 Å². The molecule has 0 aromatic carbocycles. The molecule has 0 aliphatic heterocycles. The SMILES string of the molecule is CN(C)C1(CNC(=O)N[C@@H](CC(N)=O)C(=O)O)CCCC1. The quantitative estimate of drug-likeness (QED) is 0.504. The topological polar surface area (TPSA) is 125 Å². The van der Waals surface area contributed by atoms with Gasteiger partial charge in [0.1, 0.15) is 6.04 Å². The highest BCUT2D eigenvalue weighted by molar-refractivity contribution is 5.87. The Bertz CT molecular complexity index is 405. The van der Waals surface area contributed by atoms with E-state index in [1.807, 2.05) is 14.1 Å². The van der Waals surface area contributed by atoms with Crippen molar-refractivity contribution >= 4 is 17.9 Å². The van der Waals surface area contributed by atoms with Crippen LogP contribution in [0.1, 0.15) is 32.1 Å². The summed E-state index contributed by atoms with van der Waals surface area (Å²) in [5, 5.41) is 13.9. The number of aliphatic carboxylic acids is 1. The third-order valence-corrected chi connectivity index (χ3v) is 4.07. The number of carboxylic acid groups (broad SMARTS) is 1. The molecule has 120 valence electrons. The summed E-state index contributed by atoms with van der Waals surface area (Å²) < 4.78 is 0. The number of rotatable bonds is 7. The minimum atomic E-state index is -1.30. The lowest BCUT2D eigenvalue weighted by atomic mass is 9.96. The maximum atomic E-state index is 11.8. The number of nitrogens with two attached hydrogens (primary N) is 1. The number of carbonyl (C=O) groups is 3. The van der Waals surface area contributed by atoms with Gasteiger partial charge in [0.05, 0.1) is 6.42 Å². The van der Waals surface area contributed by atoms with Crippen LogP contribution in [0.2, 0.25) is 0 Å². The molecule has 8 nitrogen and oxygen atoms in total. The Kier molecular flexibility index (Phi) is 5.95. The number of nitrogens with one attached hydrogen (secondary N) is 2. The van der Waals surface area contributed by atoms with Crippen LogP contribution in [0.3, 0.4) is 0 Å². The van der Waals surface area contributed by atoms with Gasteiger partial charge >= 0.3 is 12.0 Å². The van der Waals surface area contributed by atoms with Gasteiger partial charge in [-0.2, -0.15) is 0 Å². The molecule has 0 unspecified atom stereocenters. The van der Waals surface area contributed by atoms with E-state index in [1.165, 1.54) is 0 Å². The summed E-state index contributed by atoms with van der Waals surface area (Å²) in [7, 11) is 3.94. The summed E-state index contributed by atoms with van der Waals surface area (Å²) in [6.07, 6.45) is 3.78. The van der Waals surface area contributed by atoms with Crippen LogP contribution in [0.15, 0.2) is 0 Å². The molecule has 0 heterocycles. The largest absolute Gasteiger partial charge is 0.480 e. The van der Waals surface area contributed by atoms with Crippen LogP contribution < -0.4 is 16.4 Å². The summed E-state index contributed by atoms with van der Waals surface area (Å²) in [6.45, 7) is 0.439. The Morgan fingerprint density at radius 1 is 1.29 bits per heavy atom. The number of nitrogens with zero attached hydrogens (tertiary/aromatic N) is 1. The molecular weight excluding hydrogens is 276 g/mol. The molecule has 3 amide bonds. The van der Waals surface area contributed by atoms with Crippen molar-refractivity contribution in [3.05, 3.63) is 0 Å². The molecule has 1 atom stereocenters. The molecular formula is C13H24N4O4. The lowest BCUT2D eigenvalue weighted by molar-refractivity contribution is -0.140. The van der Waals surface area contributed by atoms with Gasteiger partial charge in [0, 0.05) is 12.1 Å². The molecule has 0 spiro atoms. The first kappa shape index (κ1) is 17.2. The number of carboxylic acids is 1. The molecule has 8 heteroatoms. The fourth-order valence-corrected chi connectivity index (χ4v) is 2.67. The van der Waals surface area contributed by atoms with Gasteiger partial charge in [-0.3, -0.25) is 4.79 Å². The van der Waals surface area contributed by atoms with Crippen molar-refractivity contribution in [1.82, 2.24) is 15.5 Å². The Balaban J connectivity index is 2.52. The fourth-order valence-electron chi connectivity index (χ4n) is 2.67. The highest BCUT2D eigenvalue weighted by Gasteiger charge is 2.36. The van der Waals surface area contributed by atoms with E-state index in [0.29, 0.717) is 6.54 Å². The first-order valence-corrected chi connectivity index (χ1v) is 7.00. The van der Waals surface area contributed by atoms with Gasteiger partial charge in [-0.1, -0.05) is 12.8 Å². The minimum Gasteiger partial charge on any atom is -0.480 e. The summed E-state index contributed by atoms with van der Waals surface area (Å²) >= 11 is 0. The van der Waals surface area contributed by atoms with E-state index in [0.717, 1.165) is 25.7 Å². The number of carbonyl (C=O) groups excluding carboxylic acids is 2. The third-order valence-electron chi connectivity index (χ3n) is 4.07. The monoisotopic (exact) mass is 300 g/mol. The zero-order chi connectivity index (χ0) is 16.0. The summed E-state index contributed by atoms with van der Waals surface area (Å²) in [5.41, 5.74) is 4.88. The number of urea groups is 1. The molecule has 1 aliphatic carbocycles. The Labute approximate surface area is 124 Å². The standard InChI is InChI=1S/C13H24N4O4/c1-17(2)13(5-3-4-6-13)8-15-12(21)16-9(11(19)20)7-10(14)18/h9H,3-8H2,1-2H3,(H2,14,18)(H,19,20)(H2,15,16,21)/t9-/m0/s1. The van der Waals surface area contributed by atoms with E-state index in [-0.39, 0.29) is 5.54 Å². The highest BCUT2D eigenvalue weighted by atomic mass is 16.4.